The van der Waals surface area contributed by atoms with Crippen LogP contribution in [0.1, 0.15) is 50.5 Å². The summed E-state index contributed by atoms with van der Waals surface area (Å²) in [4.78, 5) is 52.9. The van der Waals surface area contributed by atoms with Crippen molar-refractivity contribution >= 4 is 46.0 Å². The third kappa shape index (κ3) is 4.69. The number of carbonyl (C=O) groups is 4. The van der Waals surface area contributed by atoms with E-state index in [-0.39, 0.29) is 16.4 Å². The van der Waals surface area contributed by atoms with E-state index in [9.17, 15) is 19.2 Å². The monoisotopic (exact) mass is 504 g/mol. The zero-order valence-electron chi connectivity index (χ0n) is 19.9. The molecule has 2 aromatic rings. The van der Waals surface area contributed by atoms with Crippen LogP contribution in [-0.2, 0) is 14.4 Å². The van der Waals surface area contributed by atoms with Crippen LogP contribution in [0.15, 0.2) is 53.4 Å². The Morgan fingerprint density at radius 2 is 1.67 bits per heavy atom. The molecule has 1 N–H and O–H groups in total. The largest absolute Gasteiger partial charge is 0.480 e. The predicted molar refractivity (Wildman–Crippen MR) is 139 cm³/mol. The number of rotatable bonds is 7. The average molecular weight is 505 g/mol. The highest BCUT2D eigenvalue weighted by molar-refractivity contribution is 8.18. The number of carbonyl (C=O) groups excluding carboxylic acids is 3. The smallest absolute Gasteiger partial charge is 0.323 e. The predicted octanol–water partition coefficient (Wildman–Crippen LogP) is 5.55. The normalized spacial score (nSPS) is 20.4. The lowest BCUT2D eigenvalue weighted by Crippen LogP contribution is -2.34. The van der Waals surface area contributed by atoms with Crippen molar-refractivity contribution in [2.75, 3.05) is 18.0 Å². The maximum Gasteiger partial charge on any atom is 0.323 e. The van der Waals surface area contributed by atoms with E-state index >= 15 is 0 Å². The fraction of sp³-hybridized carbons (Fsp3) is 0.357. The molecule has 1 aliphatic carbocycles. The van der Waals surface area contributed by atoms with Crippen molar-refractivity contribution in [1.29, 1.82) is 0 Å². The van der Waals surface area contributed by atoms with Crippen LogP contribution in [0, 0.1) is 5.92 Å². The molecule has 1 saturated heterocycles. The number of anilines is 1. The number of aliphatic carboxylic acids is 1. The average Bonchev–Trinajstić information content (AvgIpc) is 3.31. The molecule has 0 atom stereocenters. The van der Waals surface area contributed by atoms with E-state index in [4.69, 9.17) is 5.11 Å². The van der Waals surface area contributed by atoms with Crippen molar-refractivity contribution in [3.8, 4) is 11.1 Å². The molecular formula is C28H28N2O5S. The number of carboxylic acid groups (broad SMARTS) is 1. The molecular weight excluding hydrogens is 476 g/mol. The van der Waals surface area contributed by atoms with Crippen LogP contribution >= 0.6 is 11.8 Å². The Bertz CT molecular complexity index is 1250. The molecule has 8 heteroatoms. The van der Waals surface area contributed by atoms with Crippen LogP contribution in [0.5, 0.6) is 0 Å². The summed E-state index contributed by atoms with van der Waals surface area (Å²) in [5, 5.41) is 8.46. The van der Waals surface area contributed by atoms with Gasteiger partial charge in [-0.25, -0.2) is 0 Å². The summed E-state index contributed by atoms with van der Waals surface area (Å²) >= 11 is 0.645. The molecule has 0 spiro atoms. The van der Waals surface area contributed by atoms with Gasteiger partial charge in [0.1, 0.15) is 6.54 Å². The summed E-state index contributed by atoms with van der Waals surface area (Å²) in [6.45, 7) is -0.187. The van der Waals surface area contributed by atoms with Crippen molar-refractivity contribution in [3.63, 3.8) is 0 Å². The third-order valence-electron chi connectivity index (χ3n) is 7.21. The molecule has 186 valence electrons. The maximum absolute atomic E-state index is 13.7. The lowest BCUT2D eigenvalue weighted by molar-refractivity contribution is -0.140. The summed E-state index contributed by atoms with van der Waals surface area (Å²) in [7, 11) is 0. The number of thioether (sulfide) groups is 1. The number of hydrogen-bond donors (Lipinski definition) is 1. The SMILES string of the molecule is O=C(O)CN1C(=O)S/C(=C2\C(=O)N(CCCC3CCCCC3)c3ccc(-c4ccccc4)cc32)C1=O. The second-order valence-corrected chi connectivity index (χ2v) is 10.5. The van der Waals surface area contributed by atoms with Gasteiger partial charge >= 0.3 is 5.97 Å². The molecule has 0 unspecified atom stereocenters. The summed E-state index contributed by atoms with van der Waals surface area (Å²) in [6.07, 6.45) is 8.26. The highest BCUT2D eigenvalue weighted by Crippen LogP contribution is 2.46. The number of benzene rings is 2. The highest BCUT2D eigenvalue weighted by atomic mass is 32.2. The number of amides is 3. The fourth-order valence-corrected chi connectivity index (χ4v) is 6.35. The first kappa shape index (κ1) is 24.3. The third-order valence-corrected chi connectivity index (χ3v) is 8.19. The van der Waals surface area contributed by atoms with Crippen molar-refractivity contribution in [1.82, 2.24) is 4.90 Å². The van der Waals surface area contributed by atoms with E-state index in [0.29, 0.717) is 34.7 Å². The van der Waals surface area contributed by atoms with Crippen molar-refractivity contribution in [2.24, 2.45) is 5.92 Å². The Hall–Kier alpha value is -3.39. The lowest BCUT2D eigenvalue weighted by atomic mass is 9.86. The van der Waals surface area contributed by atoms with Gasteiger partial charge in [-0.05, 0) is 53.8 Å². The van der Waals surface area contributed by atoms with Crippen LogP contribution in [0.2, 0.25) is 0 Å². The van der Waals surface area contributed by atoms with Gasteiger partial charge in [0, 0.05) is 12.1 Å². The minimum atomic E-state index is -1.28. The van der Waals surface area contributed by atoms with Crippen molar-refractivity contribution in [3.05, 3.63) is 59.0 Å². The summed E-state index contributed by atoms with van der Waals surface area (Å²) in [6, 6.07) is 15.5. The molecule has 36 heavy (non-hydrogen) atoms. The number of carboxylic acids is 1. The molecule has 3 amide bonds. The quantitative estimate of drug-likeness (QED) is 0.497. The van der Waals surface area contributed by atoms with E-state index in [0.717, 1.165) is 29.7 Å². The number of fused-ring (bicyclic) bond motifs is 1. The topological polar surface area (TPSA) is 95.0 Å². The summed E-state index contributed by atoms with van der Waals surface area (Å²) in [5.41, 5.74) is 3.40. The zero-order chi connectivity index (χ0) is 25.2. The summed E-state index contributed by atoms with van der Waals surface area (Å²) < 4.78 is 0. The highest BCUT2D eigenvalue weighted by Gasteiger charge is 2.44. The minimum Gasteiger partial charge on any atom is -0.480 e. The minimum absolute atomic E-state index is 0.00694. The van der Waals surface area contributed by atoms with Gasteiger partial charge in [-0.2, -0.15) is 0 Å². The van der Waals surface area contributed by atoms with Gasteiger partial charge < -0.3 is 10.0 Å². The van der Waals surface area contributed by atoms with E-state index in [1.165, 1.54) is 32.1 Å². The van der Waals surface area contributed by atoms with E-state index in [2.05, 4.69) is 0 Å². The molecule has 2 heterocycles. The Balaban J connectivity index is 1.50. The number of hydrogen-bond acceptors (Lipinski definition) is 5. The molecule has 2 fully saturated rings. The van der Waals surface area contributed by atoms with Gasteiger partial charge in [0.25, 0.3) is 17.1 Å². The summed E-state index contributed by atoms with van der Waals surface area (Å²) in [5.74, 6) is -1.61. The van der Waals surface area contributed by atoms with Gasteiger partial charge in [-0.15, -0.1) is 0 Å². The molecule has 2 aromatic carbocycles. The van der Waals surface area contributed by atoms with Gasteiger partial charge in [0.05, 0.1) is 16.2 Å². The first-order chi connectivity index (χ1) is 17.4. The first-order valence-corrected chi connectivity index (χ1v) is 13.3. The number of imide groups is 1. The first-order valence-electron chi connectivity index (χ1n) is 12.5. The van der Waals surface area contributed by atoms with Gasteiger partial charge in [0.15, 0.2) is 0 Å². The van der Waals surface area contributed by atoms with Gasteiger partial charge in [-0.3, -0.25) is 24.1 Å². The molecule has 2 aliphatic heterocycles. The van der Waals surface area contributed by atoms with Crippen molar-refractivity contribution < 1.29 is 24.3 Å². The molecule has 0 radical (unpaired) electrons. The van der Waals surface area contributed by atoms with E-state index in [1.54, 1.807) is 4.90 Å². The Labute approximate surface area is 214 Å². The molecule has 3 aliphatic rings. The van der Waals surface area contributed by atoms with Gasteiger partial charge in [0.2, 0.25) is 0 Å². The zero-order valence-corrected chi connectivity index (χ0v) is 20.8. The van der Waals surface area contributed by atoms with Crippen molar-refractivity contribution in [2.45, 2.75) is 44.9 Å². The second-order valence-electron chi connectivity index (χ2n) is 9.56. The standard InChI is InChI=1S/C28H28N2O5S/c31-23(32)17-30-27(34)25(36-28(30)35)24-21-16-20(19-11-5-2-6-12-19)13-14-22(21)29(26(24)33)15-7-10-18-8-3-1-4-9-18/h2,5-6,11-14,16,18H,1,3-4,7-10,15,17H2,(H,31,32)/b25-24-. The fourth-order valence-electron chi connectivity index (χ4n) is 5.42. The maximum atomic E-state index is 13.7. The Kier molecular flexibility index (Phi) is 6.96. The van der Waals surface area contributed by atoms with Crippen LogP contribution in [0.25, 0.3) is 16.7 Å². The van der Waals surface area contributed by atoms with Gasteiger partial charge in [-0.1, -0.05) is 68.5 Å². The van der Waals surface area contributed by atoms with Crippen LogP contribution in [-0.4, -0.2) is 46.1 Å². The molecule has 5 rings (SSSR count). The number of nitrogens with zero attached hydrogens (tertiary/aromatic N) is 2. The Morgan fingerprint density at radius 1 is 0.917 bits per heavy atom. The molecule has 0 aromatic heterocycles. The molecule has 1 saturated carbocycles. The molecule has 0 bridgehead atoms. The van der Waals surface area contributed by atoms with Crippen LogP contribution in [0.3, 0.4) is 0 Å². The van der Waals surface area contributed by atoms with Crippen LogP contribution in [0.4, 0.5) is 10.5 Å². The second kappa shape index (κ2) is 10.3. The lowest BCUT2D eigenvalue weighted by Gasteiger charge is -2.23. The van der Waals surface area contributed by atoms with E-state index in [1.807, 2.05) is 48.5 Å². The van der Waals surface area contributed by atoms with Crippen LogP contribution < -0.4 is 4.90 Å². The Morgan fingerprint density at radius 3 is 2.39 bits per heavy atom. The van der Waals surface area contributed by atoms with E-state index < -0.39 is 23.7 Å². The molecule has 7 nitrogen and oxygen atoms in total.